The summed E-state index contributed by atoms with van der Waals surface area (Å²) in [6, 6.07) is 0. The maximum absolute atomic E-state index is 13.3. The average Bonchev–Trinajstić information content (AvgIpc) is 2.35. The van der Waals surface area contributed by atoms with Crippen LogP contribution in [-0.2, 0) is 14.8 Å². The lowest BCUT2D eigenvalue weighted by Gasteiger charge is -2.33. The molecule has 0 amide bonds. The first-order valence-electron chi connectivity index (χ1n) is 5.83. The Hall–Kier alpha value is -0.760. The molecule has 23 heavy (non-hydrogen) atoms. The van der Waals surface area contributed by atoms with Crippen molar-refractivity contribution in [3.05, 3.63) is 0 Å². The SMILES string of the molecule is CCOC(CC)NS(=O)(=O)C(F)(F)C(F)(F)C(F)(F)C(F)(F)F. The standard InChI is InChI=1S/C9H12F9NO3S/c1-3-5(22-4-2)19-23(20,21)9(17,18)7(12,13)6(10,11)8(14,15)16/h5,19H,3-4H2,1-2H3. The van der Waals surface area contributed by atoms with E-state index in [-0.39, 0.29) is 13.0 Å². The van der Waals surface area contributed by atoms with Gasteiger partial charge >= 0.3 is 23.3 Å². The fourth-order valence-corrected chi connectivity index (χ4v) is 2.41. The van der Waals surface area contributed by atoms with Crippen LogP contribution in [0.25, 0.3) is 0 Å². The van der Waals surface area contributed by atoms with E-state index in [1.807, 2.05) is 0 Å². The zero-order chi connectivity index (χ0) is 18.9. The summed E-state index contributed by atoms with van der Waals surface area (Å²) in [6.45, 7) is 2.15. The van der Waals surface area contributed by atoms with Crippen LogP contribution in [-0.4, -0.2) is 44.5 Å². The van der Waals surface area contributed by atoms with Gasteiger partial charge in [-0.2, -0.15) is 44.2 Å². The predicted octanol–water partition coefficient (Wildman–Crippen LogP) is 3.10. The van der Waals surface area contributed by atoms with E-state index in [1.54, 1.807) is 0 Å². The molecule has 0 fully saturated rings. The maximum Gasteiger partial charge on any atom is 0.460 e. The quantitative estimate of drug-likeness (QED) is 0.516. The van der Waals surface area contributed by atoms with Crippen molar-refractivity contribution >= 4 is 10.0 Å². The number of alkyl halides is 9. The van der Waals surface area contributed by atoms with Crippen LogP contribution < -0.4 is 4.72 Å². The summed E-state index contributed by atoms with van der Waals surface area (Å²) in [7, 11) is -6.63. The molecule has 0 heterocycles. The fraction of sp³-hybridized carbons (Fsp3) is 1.00. The molecule has 0 aromatic carbocycles. The Kier molecular flexibility index (Phi) is 6.41. The molecular formula is C9H12F9NO3S. The van der Waals surface area contributed by atoms with E-state index in [9.17, 15) is 47.9 Å². The molecule has 0 saturated carbocycles. The third-order valence-corrected chi connectivity index (χ3v) is 3.98. The van der Waals surface area contributed by atoms with E-state index < -0.39 is 39.5 Å². The minimum absolute atomic E-state index is 0.276. The number of nitrogens with one attached hydrogen (secondary N) is 1. The molecule has 1 unspecified atom stereocenters. The number of ether oxygens (including phenoxy) is 1. The van der Waals surface area contributed by atoms with Gasteiger partial charge in [-0.05, 0) is 13.3 Å². The molecule has 0 spiro atoms. The van der Waals surface area contributed by atoms with E-state index in [4.69, 9.17) is 0 Å². The van der Waals surface area contributed by atoms with Crippen LogP contribution in [0.1, 0.15) is 20.3 Å². The van der Waals surface area contributed by atoms with Crippen molar-refractivity contribution in [3.63, 3.8) is 0 Å². The molecule has 0 aliphatic rings. The summed E-state index contributed by atoms with van der Waals surface area (Å²) >= 11 is 0. The van der Waals surface area contributed by atoms with Crippen molar-refractivity contribution in [2.24, 2.45) is 0 Å². The highest BCUT2D eigenvalue weighted by molar-refractivity contribution is 7.90. The van der Waals surface area contributed by atoms with Crippen molar-refractivity contribution < 1.29 is 52.7 Å². The zero-order valence-electron chi connectivity index (χ0n) is 11.5. The second-order valence-corrected chi connectivity index (χ2v) is 5.89. The van der Waals surface area contributed by atoms with Crippen LogP contribution in [0.3, 0.4) is 0 Å². The van der Waals surface area contributed by atoms with Gasteiger partial charge in [0.05, 0.1) is 0 Å². The normalized spacial score (nSPS) is 16.5. The molecule has 1 N–H and O–H groups in total. The zero-order valence-corrected chi connectivity index (χ0v) is 12.3. The van der Waals surface area contributed by atoms with Crippen molar-refractivity contribution in [3.8, 4) is 0 Å². The highest BCUT2D eigenvalue weighted by Gasteiger charge is 2.85. The molecule has 1 atom stereocenters. The largest absolute Gasteiger partial charge is 0.460 e. The van der Waals surface area contributed by atoms with Gasteiger partial charge in [-0.1, -0.05) is 6.92 Å². The van der Waals surface area contributed by atoms with Gasteiger partial charge in [-0.3, -0.25) is 0 Å². The van der Waals surface area contributed by atoms with E-state index >= 15 is 0 Å². The van der Waals surface area contributed by atoms with Gasteiger partial charge < -0.3 is 4.74 Å². The Morgan fingerprint density at radius 2 is 1.35 bits per heavy atom. The fourth-order valence-electron chi connectivity index (χ4n) is 1.21. The summed E-state index contributed by atoms with van der Waals surface area (Å²) in [4.78, 5) is 0. The molecule has 4 nitrogen and oxygen atoms in total. The van der Waals surface area contributed by atoms with Gasteiger partial charge in [0.25, 0.3) is 10.0 Å². The topological polar surface area (TPSA) is 55.4 Å². The molecule has 0 radical (unpaired) electrons. The van der Waals surface area contributed by atoms with E-state index in [0.717, 1.165) is 11.6 Å². The maximum atomic E-state index is 13.3. The summed E-state index contributed by atoms with van der Waals surface area (Å²) in [5.41, 5.74) is 0. The predicted molar refractivity (Wildman–Crippen MR) is 58.7 cm³/mol. The summed E-state index contributed by atoms with van der Waals surface area (Å²) in [6.07, 6.45) is -9.30. The third kappa shape index (κ3) is 3.84. The second-order valence-electron chi connectivity index (χ2n) is 4.14. The number of hydrogen-bond acceptors (Lipinski definition) is 3. The molecular weight excluding hydrogens is 373 g/mol. The van der Waals surface area contributed by atoms with Crippen molar-refractivity contribution in [1.82, 2.24) is 4.72 Å². The molecule has 14 heteroatoms. The number of rotatable bonds is 8. The summed E-state index contributed by atoms with van der Waals surface area (Å²) in [5, 5.41) is -6.76. The van der Waals surface area contributed by atoms with Crippen molar-refractivity contribution in [1.29, 1.82) is 0 Å². The Morgan fingerprint density at radius 1 is 0.913 bits per heavy atom. The smallest absolute Gasteiger partial charge is 0.363 e. The van der Waals surface area contributed by atoms with Crippen molar-refractivity contribution in [2.45, 2.75) is 49.8 Å². The van der Waals surface area contributed by atoms with Crippen LogP contribution in [0.2, 0.25) is 0 Å². The Morgan fingerprint density at radius 3 is 1.65 bits per heavy atom. The number of hydrogen-bond donors (Lipinski definition) is 1. The second kappa shape index (κ2) is 6.63. The van der Waals surface area contributed by atoms with Gasteiger partial charge in [0, 0.05) is 6.61 Å². The van der Waals surface area contributed by atoms with Gasteiger partial charge in [-0.15, -0.1) is 0 Å². The highest BCUT2D eigenvalue weighted by atomic mass is 32.2. The molecule has 0 aromatic heterocycles. The lowest BCUT2D eigenvalue weighted by atomic mass is 10.1. The molecule has 0 aromatic rings. The number of sulfonamides is 1. The van der Waals surface area contributed by atoms with Gasteiger partial charge in [-0.25, -0.2) is 8.42 Å². The molecule has 0 bridgehead atoms. The molecule has 0 aliphatic heterocycles. The lowest BCUT2D eigenvalue weighted by Crippen LogP contribution is -2.65. The summed E-state index contributed by atoms with van der Waals surface area (Å²) in [5.74, 6) is -14.5. The first kappa shape index (κ1) is 22.2. The molecule has 0 rings (SSSR count). The van der Waals surface area contributed by atoms with Crippen molar-refractivity contribution in [2.75, 3.05) is 6.61 Å². The first-order chi connectivity index (χ1) is 9.99. The monoisotopic (exact) mass is 385 g/mol. The minimum Gasteiger partial charge on any atom is -0.363 e. The Balaban J connectivity index is 5.85. The van der Waals surface area contributed by atoms with E-state index in [1.165, 1.54) is 6.92 Å². The van der Waals surface area contributed by atoms with Crippen LogP contribution in [0, 0.1) is 0 Å². The first-order valence-corrected chi connectivity index (χ1v) is 7.31. The van der Waals surface area contributed by atoms with E-state index in [0.29, 0.717) is 0 Å². The Labute approximate surface area is 125 Å². The lowest BCUT2D eigenvalue weighted by molar-refractivity contribution is -0.382. The van der Waals surface area contributed by atoms with Crippen LogP contribution in [0.15, 0.2) is 0 Å². The summed E-state index contributed by atoms with van der Waals surface area (Å²) < 4.78 is 141. The molecule has 0 saturated heterocycles. The Bertz CT molecular complexity index is 503. The average molecular weight is 385 g/mol. The van der Waals surface area contributed by atoms with Crippen LogP contribution in [0.4, 0.5) is 39.5 Å². The van der Waals surface area contributed by atoms with E-state index in [2.05, 4.69) is 4.74 Å². The third-order valence-electron chi connectivity index (χ3n) is 2.48. The van der Waals surface area contributed by atoms with Crippen LogP contribution in [0.5, 0.6) is 0 Å². The van der Waals surface area contributed by atoms with Gasteiger partial charge in [0.1, 0.15) is 6.23 Å². The number of halogens is 9. The van der Waals surface area contributed by atoms with Gasteiger partial charge in [0.15, 0.2) is 0 Å². The molecule has 0 aliphatic carbocycles. The minimum atomic E-state index is -7.29. The highest BCUT2D eigenvalue weighted by Crippen LogP contribution is 2.54. The van der Waals surface area contributed by atoms with Gasteiger partial charge in [0.2, 0.25) is 0 Å². The molecule has 140 valence electrons. The van der Waals surface area contributed by atoms with Crippen LogP contribution >= 0.6 is 0 Å².